The first-order valence-corrected chi connectivity index (χ1v) is 13.8. The number of hydrogen-bond acceptors (Lipinski definition) is 1. The molecular formula is C32H46N2. The largest absolute Gasteiger partial charge is 0.335 e. The predicted molar refractivity (Wildman–Crippen MR) is 146 cm³/mol. The number of nitrogens with zero attached hydrogens (tertiary/aromatic N) is 2. The van der Waals surface area contributed by atoms with Gasteiger partial charge in [0, 0.05) is 30.3 Å². The molecule has 2 atom stereocenters. The number of hydrogen-bond donors (Lipinski definition) is 0. The molecule has 34 heavy (non-hydrogen) atoms. The third-order valence-electron chi connectivity index (χ3n) is 7.69. The van der Waals surface area contributed by atoms with Crippen molar-refractivity contribution in [3.63, 3.8) is 0 Å². The van der Waals surface area contributed by atoms with Gasteiger partial charge in [0.05, 0.1) is 0 Å². The van der Waals surface area contributed by atoms with E-state index in [2.05, 4.69) is 92.2 Å². The van der Waals surface area contributed by atoms with Crippen LogP contribution in [0.15, 0.2) is 73.1 Å². The van der Waals surface area contributed by atoms with Gasteiger partial charge in [0.1, 0.15) is 5.82 Å². The lowest BCUT2D eigenvalue weighted by molar-refractivity contribution is 0.366. The van der Waals surface area contributed by atoms with Crippen LogP contribution in [0.4, 0.5) is 0 Å². The second-order valence-corrected chi connectivity index (χ2v) is 10.3. The average Bonchev–Trinajstić information content (AvgIpc) is 3.34. The molecule has 0 aliphatic heterocycles. The molecule has 0 spiro atoms. The van der Waals surface area contributed by atoms with Gasteiger partial charge in [-0.05, 0) is 24.0 Å². The van der Waals surface area contributed by atoms with E-state index in [0.29, 0.717) is 5.92 Å². The molecule has 0 fully saturated rings. The molecule has 0 saturated carbocycles. The van der Waals surface area contributed by atoms with E-state index in [1.807, 2.05) is 6.20 Å². The van der Waals surface area contributed by atoms with E-state index in [-0.39, 0.29) is 5.41 Å². The molecule has 1 heterocycles. The molecule has 3 rings (SSSR count). The minimum atomic E-state index is -0.0243. The molecule has 1 aromatic heterocycles. The van der Waals surface area contributed by atoms with Crippen molar-refractivity contribution in [3.05, 3.63) is 90.0 Å². The fourth-order valence-electron chi connectivity index (χ4n) is 5.29. The summed E-state index contributed by atoms with van der Waals surface area (Å²) in [6.07, 6.45) is 18.9. The fourth-order valence-corrected chi connectivity index (χ4v) is 5.29. The van der Waals surface area contributed by atoms with Gasteiger partial charge in [-0.2, -0.15) is 0 Å². The minimum Gasteiger partial charge on any atom is -0.335 e. The van der Waals surface area contributed by atoms with E-state index in [4.69, 9.17) is 4.98 Å². The monoisotopic (exact) mass is 458 g/mol. The van der Waals surface area contributed by atoms with Crippen LogP contribution >= 0.6 is 0 Å². The lowest BCUT2D eigenvalue weighted by atomic mass is 9.68. The first-order chi connectivity index (χ1) is 16.6. The van der Waals surface area contributed by atoms with E-state index >= 15 is 0 Å². The van der Waals surface area contributed by atoms with Crippen LogP contribution in [0, 0.1) is 0 Å². The third-order valence-corrected chi connectivity index (χ3v) is 7.69. The molecule has 0 aliphatic carbocycles. The van der Waals surface area contributed by atoms with Crippen LogP contribution in [0.2, 0.25) is 0 Å². The molecule has 0 radical (unpaired) electrons. The predicted octanol–water partition coefficient (Wildman–Crippen LogP) is 9.11. The molecule has 0 bridgehead atoms. The Morgan fingerprint density at radius 2 is 1.32 bits per heavy atom. The maximum Gasteiger partial charge on any atom is 0.112 e. The maximum absolute atomic E-state index is 4.88. The number of benzene rings is 2. The quantitative estimate of drug-likeness (QED) is 0.196. The molecule has 3 aromatic rings. The van der Waals surface area contributed by atoms with Crippen LogP contribution in [0.5, 0.6) is 0 Å². The average molecular weight is 459 g/mol. The second-order valence-electron chi connectivity index (χ2n) is 10.3. The molecule has 0 N–H and O–H groups in total. The van der Waals surface area contributed by atoms with Gasteiger partial charge in [-0.3, -0.25) is 0 Å². The molecule has 2 heteroatoms. The molecule has 0 saturated heterocycles. The van der Waals surface area contributed by atoms with Crippen molar-refractivity contribution in [1.82, 2.24) is 9.55 Å². The summed E-state index contributed by atoms with van der Waals surface area (Å²) in [6.45, 7) is 8.15. The Balaban J connectivity index is 1.59. The number of rotatable bonds is 16. The van der Waals surface area contributed by atoms with Crippen molar-refractivity contribution in [3.8, 4) is 0 Å². The van der Waals surface area contributed by atoms with Crippen molar-refractivity contribution >= 4 is 0 Å². The summed E-state index contributed by atoms with van der Waals surface area (Å²) in [5, 5.41) is 0. The zero-order valence-electron chi connectivity index (χ0n) is 21.9. The smallest absolute Gasteiger partial charge is 0.112 e. The molecule has 2 unspecified atom stereocenters. The Morgan fingerprint density at radius 1 is 0.765 bits per heavy atom. The van der Waals surface area contributed by atoms with Crippen LogP contribution in [0.25, 0.3) is 0 Å². The standard InChI is InChI=1S/C32H46N2/c1-4-5-6-7-8-9-10-11-12-19-25-34-26-24-33-31(34)28(2)32(3,30-22-17-14-18-23-30)27-29-20-15-13-16-21-29/h13-18,20-24,26,28H,4-12,19,25,27H2,1-3H3. The van der Waals surface area contributed by atoms with Crippen LogP contribution in [-0.4, -0.2) is 9.55 Å². The van der Waals surface area contributed by atoms with E-state index in [1.165, 1.54) is 81.2 Å². The molecule has 2 aromatic carbocycles. The van der Waals surface area contributed by atoms with Crippen molar-refractivity contribution in [2.24, 2.45) is 0 Å². The highest BCUT2D eigenvalue weighted by molar-refractivity contribution is 5.32. The third kappa shape index (κ3) is 7.58. The zero-order chi connectivity index (χ0) is 24.1. The SMILES string of the molecule is CCCCCCCCCCCCn1ccnc1C(C)C(C)(Cc1ccccc1)c1ccccc1. The molecular weight excluding hydrogens is 412 g/mol. The van der Waals surface area contributed by atoms with E-state index in [0.717, 1.165) is 13.0 Å². The summed E-state index contributed by atoms with van der Waals surface area (Å²) >= 11 is 0. The summed E-state index contributed by atoms with van der Waals surface area (Å²) in [4.78, 5) is 4.88. The Morgan fingerprint density at radius 3 is 1.94 bits per heavy atom. The molecule has 0 amide bonds. The van der Waals surface area contributed by atoms with Gasteiger partial charge < -0.3 is 4.57 Å². The van der Waals surface area contributed by atoms with Crippen LogP contribution in [0.1, 0.15) is 108 Å². The number of aryl methyl sites for hydroxylation is 1. The summed E-state index contributed by atoms with van der Waals surface area (Å²) in [5.74, 6) is 1.53. The highest BCUT2D eigenvalue weighted by Gasteiger charge is 2.36. The molecule has 0 aliphatic rings. The lowest BCUT2D eigenvalue weighted by Crippen LogP contribution is -2.33. The number of imidazole rings is 1. The highest BCUT2D eigenvalue weighted by atomic mass is 15.1. The van der Waals surface area contributed by atoms with Gasteiger partial charge in [0.2, 0.25) is 0 Å². The highest BCUT2D eigenvalue weighted by Crippen LogP contribution is 2.41. The van der Waals surface area contributed by atoms with Crippen molar-refractivity contribution in [2.45, 2.75) is 109 Å². The Hall–Kier alpha value is -2.35. The van der Waals surface area contributed by atoms with E-state index in [1.54, 1.807) is 0 Å². The van der Waals surface area contributed by atoms with Gasteiger partial charge in [-0.25, -0.2) is 4.98 Å². The molecule has 2 nitrogen and oxygen atoms in total. The second kappa shape index (κ2) is 14.1. The van der Waals surface area contributed by atoms with Crippen LogP contribution in [0.3, 0.4) is 0 Å². The first-order valence-electron chi connectivity index (χ1n) is 13.8. The van der Waals surface area contributed by atoms with Gasteiger partial charge in [-0.1, -0.05) is 139 Å². The maximum atomic E-state index is 4.88. The van der Waals surface area contributed by atoms with Crippen molar-refractivity contribution in [1.29, 1.82) is 0 Å². The van der Waals surface area contributed by atoms with E-state index in [9.17, 15) is 0 Å². The number of unbranched alkanes of at least 4 members (excludes halogenated alkanes) is 9. The first kappa shape index (κ1) is 26.3. The Labute approximate surface area is 208 Å². The van der Waals surface area contributed by atoms with Gasteiger partial charge in [0.25, 0.3) is 0 Å². The summed E-state index contributed by atoms with van der Waals surface area (Å²) in [7, 11) is 0. The zero-order valence-corrected chi connectivity index (χ0v) is 21.9. The number of aromatic nitrogens is 2. The van der Waals surface area contributed by atoms with E-state index < -0.39 is 0 Å². The lowest BCUT2D eigenvalue weighted by Gasteiger charge is -2.36. The van der Waals surface area contributed by atoms with Crippen molar-refractivity contribution < 1.29 is 0 Å². The minimum absolute atomic E-state index is 0.0243. The normalized spacial score (nSPS) is 14.1. The fraction of sp³-hybridized carbons (Fsp3) is 0.531. The van der Waals surface area contributed by atoms with Gasteiger partial charge in [0.15, 0.2) is 0 Å². The summed E-state index contributed by atoms with van der Waals surface area (Å²) in [6, 6.07) is 21.9. The van der Waals surface area contributed by atoms with Crippen LogP contribution < -0.4 is 0 Å². The summed E-state index contributed by atoms with van der Waals surface area (Å²) < 4.78 is 2.42. The molecule has 184 valence electrons. The Kier molecular flexibility index (Phi) is 10.9. The van der Waals surface area contributed by atoms with Gasteiger partial charge >= 0.3 is 0 Å². The Bertz CT molecular complexity index is 914. The topological polar surface area (TPSA) is 17.8 Å². The van der Waals surface area contributed by atoms with Gasteiger partial charge in [-0.15, -0.1) is 0 Å². The summed E-state index contributed by atoms with van der Waals surface area (Å²) in [5.41, 5.74) is 2.75. The van der Waals surface area contributed by atoms with Crippen molar-refractivity contribution in [2.75, 3.05) is 0 Å². The van der Waals surface area contributed by atoms with Crippen LogP contribution in [-0.2, 0) is 18.4 Å².